The second-order valence-electron chi connectivity index (χ2n) is 11.0. The number of fused-ring (bicyclic) bond motifs is 1. The predicted molar refractivity (Wildman–Crippen MR) is 164 cm³/mol. The first-order chi connectivity index (χ1) is 21.1. The fourth-order valence-corrected chi connectivity index (χ4v) is 4.80. The molecule has 0 saturated heterocycles. The molecular weight excluding hydrogens is 566 g/mol. The van der Waals surface area contributed by atoms with Crippen LogP contribution in [0.1, 0.15) is 43.7 Å². The highest BCUT2D eigenvalue weighted by molar-refractivity contribution is 6.00. The Morgan fingerprint density at radius 3 is 2.36 bits per heavy atom. The van der Waals surface area contributed by atoms with Crippen LogP contribution < -0.4 is 24.8 Å². The van der Waals surface area contributed by atoms with Crippen molar-refractivity contribution in [3.63, 3.8) is 0 Å². The highest BCUT2D eigenvalue weighted by Gasteiger charge is 2.25. The molecule has 1 heterocycles. The molecule has 0 saturated carbocycles. The minimum atomic E-state index is -1.03. The second kappa shape index (κ2) is 14.9. The van der Waals surface area contributed by atoms with Crippen LogP contribution in [0.15, 0.2) is 66.7 Å². The van der Waals surface area contributed by atoms with E-state index in [0.717, 1.165) is 5.56 Å². The molecule has 1 aliphatic heterocycles. The van der Waals surface area contributed by atoms with Gasteiger partial charge in [0.2, 0.25) is 6.79 Å². The van der Waals surface area contributed by atoms with Gasteiger partial charge in [-0.1, -0.05) is 38.1 Å². The van der Waals surface area contributed by atoms with Gasteiger partial charge < -0.3 is 34.9 Å². The van der Waals surface area contributed by atoms with Crippen molar-refractivity contribution in [3.8, 4) is 17.2 Å². The van der Waals surface area contributed by atoms with Crippen LogP contribution >= 0.6 is 0 Å². The highest BCUT2D eigenvalue weighted by atomic mass is 16.7. The maximum Gasteiger partial charge on any atom is 0.323 e. The van der Waals surface area contributed by atoms with Crippen LogP contribution in [0.25, 0.3) is 0 Å². The molecule has 0 fully saturated rings. The number of ether oxygens (including phenoxy) is 3. The summed E-state index contributed by atoms with van der Waals surface area (Å²) in [5.41, 5.74) is 2.84. The number of nitrogens with one attached hydrogen (secondary N) is 2. The van der Waals surface area contributed by atoms with Crippen molar-refractivity contribution < 1.29 is 38.5 Å². The number of rotatable bonds is 14. The van der Waals surface area contributed by atoms with Gasteiger partial charge in [0.15, 0.2) is 23.9 Å². The molecule has 3 amide bonds. The van der Waals surface area contributed by atoms with E-state index in [1.54, 1.807) is 42.5 Å². The molecule has 1 atom stereocenters. The van der Waals surface area contributed by atoms with Gasteiger partial charge in [0.05, 0.1) is 13.0 Å². The Labute approximate surface area is 256 Å². The van der Waals surface area contributed by atoms with Crippen LogP contribution in [0, 0.1) is 12.8 Å². The predicted octanol–water partition coefficient (Wildman–Crippen LogP) is 5.45. The van der Waals surface area contributed by atoms with Gasteiger partial charge in [-0.05, 0) is 66.4 Å². The number of carboxylic acids is 1. The summed E-state index contributed by atoms with van der Waals surface area (Å²) >= 11 is 0. The number of benzene rings is 3. The normalized spacial score (nSPS) is 12.4. The highest BCUT2D eigenvalue weighted by Crippen LogP contribution is 2.36. The van der Waals surface area contributed by atoms with Crippen molar-refractivity contribution in [2.24, 2.45) is 5.92 Å². The molecule has 232 valence electrons. The average molecular weight is 604 g/mol. The SMILES string of the molecule is Cc1ccccc1NC(=O)Nc1ccc(OCC(=O)N(CC(=O)CC(CC(=O)O)c2ccc3c(c2)OCO3)CC(C)C)cc1. The Kier molecular flexibility index (Phi) is 10.8. The Hall–Kier alpha value is -5.06. The van der Waals surface area contributed by atoms with E-state index in [4.69, 9.17) is 14.2 Å². The number of nitrogens with zero attached hydrogens (tertiary/aromatic N) is 1. The number of carboxylic acid groups (broad SMARTS) is 1. The number of urea groups is 1. The maximum atomic E-state index is 13.1. The summed E-state index contributed by atoms with van der Waals surface area (Å²) in [6, 6.07) is 18.8. The van der Waals surface area contributed by atoms with E-state index >= 15 is 0 Å². The molecule has 3 aromatic rings. The van der Waals surface area contributed by atoms with Crippen molar-refractivity contribution in [3.05, 3.63) is 77.9 Å². The lowest BCUT2D eigenvalue weighted by Crippen LogP contribution is -2.41. The van der Waals surface area contributed by atoms with Crippen LogP contribution in [0.4, 0.5) is 16.2 Å². The summed E-state index contributed by atoms with van der Waals surface area (Å²) in [5, 5.41) is 15.0. The lowest BCUT2D eigenvalue weighted by molar-refractivity contribution is -0.139. The van der Waals surface area contributed by atoms with E-state index in [9.17, 15) is 24.3 Å². The molecule has 0 radical (unpaired) electrons. The van der Waals surface area contributed by atoms with Gasteiger partial charge >= 0.3 is 12.0 Å². The molecule has 4 rings (SSSR count). The number of anilines is 2. The summed E-state index contributed by atoms with van der Waals surface area (Å²) in [5.74, 6) is -0.669. The van der Waals surface area contributed by atoms with Crippen molar-refractivity contribution >= 4 is 35.1 Å². The number of para-hydroxylation sites is 1. The first-order valence-electron chi connectivity index (χ1n) is 14.3. The minimum absolute atomic E-state index is 0.0550. The number of hydrogen-bond acceptors (Lipinski definition) is 7. The summed E-state index contributed by atoms with van der Waals surface area (Å²) in [6.07, 6.45) is -0.300. The second-order valence-corrected chi connectivity index (χ2v) is 11.0. The molecular formula is C33H37N3O8. The maximum absolute atomic E-state index is 13.1. The number of aryl methyl sites for hydroxylation is 1. The number of ketones is 1. The molecule has 11 nitrogen and oxygen atoms in total. The molecule has 0 aromatic heterocycles. The van der Waals surface area contributed by atoms with E-state index < -0.39 is 11.9 Å². The molecule has 3 aromatic carbocycles. The molecule has 0 spiro atoms. The monoisotopic (exact) mass is 603 g/mol. The first kappa shape index (κ1) is 31.9. The number of carbonyl (C=O) groups is 4. The Bertz CT molecular complexity index is 1490. The van der Waals surface area contributed by atoms with E-state index in [-0.39, 0.29) is 56.4 Å². The molecule has 44 heavy (non-hydrogen) atoms. The zero-order chi connectivity index (χ0) is 31.6. The number of hydrogen-bond donors (Lipinski definition) is 3. The number of amides is 3. The fraction of sp³-hybridized carbons (Fsp3) is 0.333. The first-order valence-corrected chi connectivity index (χ1v) is 14.3. The van der Waals surface area contributed by atoms with Gasteiger partial charge in [0.25, 0.3) is 5.91 Å². The molecule has 3 N–H and O–H groups in total. The van der Waals surface area contributed by atoms with E-state index in [0.29, 0.717) is 40.7 Å². The Morgan fingerprint density at radius 2 is 1.66 bits per heavy atom. The third-order valence-corrected chi connectivity index (χ3v) is 6.94. The van der Waals surface area contributed by atoms with Crippen LogP contribution in [0.2, 0.25) is 0 Å². The van der Waals surface area contributed by atoms with Crippen LogP contribution in [0.5, 0.6) is 17.2 Å². The quantitative estimate of drug-likeness (QED) is 0.221. The number of Topliss-reactive ketones (excluding diaryl/α,β-unsaturated/α-hetero) is 1. The van der Waals surface area contributed by atoms with Crippen LogP contribution in [-0.2, 0) is 14.4 Å². The van der Waals surface area contributed by atoms with Crippen molar-refractivity contribution in [2.45, 2.75) is 39.5 Å². The third kappa shape index (κ3) is 9.22. The average Bonchev–Trinajstić information content (AvgIpc) is 3.45. The summed E-state index contributed by atoms with van der Waals surface area (Å²) in [6.45, 7) is 5.74. The number of aliphatic carboxylic acids is 1. The third-order valence-electron chi connectivity index (χ3n) is 6.94. The molecule has 0 bridgehead atoms. The van der Waals surface area contributed by atoms with Gasteiger partial charge in [-0.15, -0.1) is 0 Å². The van der Waals surface area contributed by atoms with Gasteiger partial charge in [0, 0.05) is 30.3 Å². The van der Waals surface area contributed by atoms with Gasteiger partial charge in [-0.3, -0.25) is 14.4 Å². The lowest BCUT2D eigenvalue weighted by atomic mass is 9.90. The topological polar surface area (TPSA) is 144 Å². The summed E-state index contributed by atoms with van der Waals surface area (Å²) < 4.78 is 16.4. The lowest BCUT2D eigenvalue weighted by Gasteiger charge is -2.25. The molecule has 0 aliphatic carbocycles. The zero-order valence-electron chi connectivity index (χ0n) is 25.0. The Balaban J connectivity index is 1.32. The van der Waals surface area contributed by atoms with Crippen molar-refractivity contribution in [1.82, 2.24) is 4.90 Å². The van der Waals surface area contributed by atoms with Crippen molar-refractivity contribution in [1.29, 1.82) is 0 Å². The Morgan fingerprint density at radius 1 is 0.932 bits per heavy atom. The minimum Gasteiger partial charge on any atom is -0.484 e. The van der Waals surface area contributed by atoms with Gasteiger partial charge in [-0.2, -0.15) is 0 Å². The van der Waals surface area contributed by atoms with Crippen LogP contribution in [-0.4, -0.2) is 60.2 Å². The zero-order valence-corrected chi connectivity index (χ0v) is 25.0. The van der Waals surface area contributed by atoms with E-state index in [2.05, 4.69) is 10.6 Å². The van der Waals surface area contributed by atoms with E-state index in [1.807, 2.05) is 45.0 Å². The number of carbonyl (C=O) groups excluding carboxylic acids is 3. The van der Waals surface area contributed by atoms with Crippen LogP contribution in [0.3, 0.4) is 0 Å². The summed E-state index contributed by atoms with van der Waals surface area (Å²) in [7, 11) is 0. The molecule has 1 unspecified atom stereocenters. The summed E-state index contributed by atoms with van der Waals surface area (Å²) in [4.78, 5) is 51.7. The largest absolute Gasteiger partial charge is 0.484 e. The fourth-order valence-electron chi connectivity index (χ4n) is 4.80. The van der Waals surface area contributed by atoms with Crippen molar-refractivity contribution in [2.75, 3.05) is 37.1 Å². The molecule has 1 aliphatic rings. The smallest absolute Gasteiger partial charge is 0.323 e. The standard InChI is InChI=1S/C33H37N3O8/c1-21(2)17-36(18-26(37)14-24(16-32(39)40)23-8-13-29-30(15-23)44-20-43-29)31(38)19-42-27-11-9-25(10-12-27)34-33(41)35-28-7-5-4-6-22(28)3/h4-13,15,21,24H,14,16-20H2,1-3H3,(H,39,40)(H2,34,35,41). The van der Waals surface area contributed by atoms with Gasteiger partial charge in [0.1, 0.15) is 5.75 Å². The van der Waals surface area contributed by atoms with Gasteiger partial charge in [-0.25, -0.2) is 4.79 Å². The van der Waals surface area contributed by atoms with E-state index in [1.165, 1.54) is 4.90 Å². The molecule has 11 heteroatoms.